The number of morpholine rings is 1. The highest BCUT2D eigenvalue weighted by atomic mass is 16.5. The molecule has 156 valence electrons. The highest BCUT2D eigenvalue weighted by Gasteiger charge is 2.36. The van der Waals surface area contributed by atoms with Gasteiger partial charge in [0, 0.05) is 25.7 Å². The Balaban J connectivity index is 1.26. The molecule has 0 saturated carbocycles. The third-order valence-electron chi connectivity index (χ3n) is 4.96. The normalized spacial score (nSPS) is 16.5. The van der Waals surface area contributed by atoms with Gasteiger partial charge in [-0.2, -0.15) is 0 Å². The largest absolute Gasteiger partial charge is 0.476 e. The number of hydrogen-bond donors (Lipinski definition) is 1. The fourth-order valence-electron chi connectivity index (χ4n) is 3.37. The van der Waals surface area contributed by atoms with E-state index in [4.69, 9.17) is 9.47 Å². The summed E-state index contributed by atoms with van der Waals surface area (Å²) in [5, 5.41) is 2.65. The third kappa shape index (κ3) is 4.47. The van der Waals surface area contributed by atoms with Crippen molar-refractivity contribution in [1.29, 1.82) is 0 Å². The molecule has 1 aromatic carbocycles. The maximum Gasteiger partial charge on any atom is 0.262 e. The Morgan fingerprint density at radius 1 is 1.07 bits per heavy atom. The van der Waals surface area contributed by atoms with Gasteiger partial charge in [-0.05, 0) is 18.2 Å². The highest BCUT2D eigenvalue weighted by molar-refractivity contribution is 6.22. The molecule has 2 aliphatic heterocycles. The topological polar surface area (TPSA) is 101 Å². The van der Waals surface area contributed by atoms with Crippen LogP contribution in [0, 0.1) is 0 Å². The lowest BCUT2D eigenvalue weighted by Crippen LogP contribution is -2.38. The Morgan fingerprint density at radius 3 is 2.40 bits per heavy atom. The van der Waals surface area contributed by atoms with E-state index < -0.39 is 17.7 Å². The van der Waals surface area contributed by atoms with Crippen LogP contribution in [0.2, 0.25) is 0 Å². The number of fused-ring (bicyclic) bond motifs is 1. The zero-order valence-electron chi connectivity index (χ0n) is 16.4. The summed E-state index contributed by atoms with van der Waals surface area (Å²) in [6.07, 6.45) is 1.48. The van der Waals surface area contributed by atoms with Crippen LogP contribution in [-0.2, 0) is 9.53 Å². The smallest absolute Gasteiger partial charge is 0.262 e. The fraction of sp³-hybridized carbons (Fsp3) is 0.333. The molecule has 9 heteroatoms. The molecule has 0 atom stereocenters. The number of nitrogens with one attached hydrogen (secondary N) is 1. The number of aromatic nitrogens is 1. The van der Waals surface area contributed by atoms with Crippen molar-refractivity contribution in [3.63, 3.8) is 0 Å². The van der Waals surface area contributed by atoms with Crippen LogP contribution in [0.1, 0.15) is 20.7 Å². The fourth-order valence-corrected chi connectivity index (χ4v) is 3.37. The predicted octanol–water partition coefficient (Wildman–Crippen LogP) is 1.03. The van der Waals surface area contributed by atoms with Gasteiger partial charge in [-0.3, -0.25) is 24.2 Å². The summed E-state index contributed by atoms with van der Waals surface area (Å²) in [6, 6.07) is 9.85. The van der Waals surface area contributed by atoms with Crippen molar-refractivity contribution >= 4 is 23.4 Å². The molecule has 9 nitrogen and oxygen atoms in total. The number of pyridine rings is 1. The monoisotopic (exact) mass is 410 g/mol. The number of ether oxygens (including phenoxy) is 2. The van der Waals surface area contributed by atoms with Gasteiger partial charge in [-0.1, -0.05) is 12.1 Å². The number of imide groups is 1. The first-order valence-corrected chi connectivity index (χ1v) is 9.76. The van der Waals surface area contributed by atoms with Crippen molar-refractivity contribution in [2.24, 2.45) is 0 Å². The second-order valence-corrected chi connectivity index (χ2v) is 6.98. The van der Waals surface area contributed by atoms with Gasteiger partial charge >= 0.3 is 0 Å². The van der Waals surface area contributed by atoms with Crippen molar-refractivity contribution in [3.05, 3.63) is 53.7 Å². The van der Waals surface area contributed by atoms with Crippen molar-refractivity contribution < 1.29 is 23.9 Å². The van der Waals surface area contributed by atoms with Crippen molar-refractivity contribution in [3.8, 4) is 5.88 Å². The van der Waals surface area contributed by atoms with Crippen LogP contribution in [0.15, 0.2) is 42.6 Å². The Kier molecular flexibility index (Phi) is 6.01. The molecule has 1 N–H and O–H groups in total. The maximum atomic E-state index is 12.3. The number of nitrogens with zero attached hydrogens (tertiary/aromatic N) is 3. The number of rotatable bonds is 7. The van der Waals surface area contributed by atoms with Crippen LogP contribution in [0.5, 0.6) is 5.88 Å². The van der Waals surface area contributed by atoms with E-state index in [-0.39, 0.29) is 6.54 Å². The predicted molar refractivity (Wildman–Crippen MR) is 107 cm³/mol. The maximum absolute atomic E-state index is 12.3. The van der Waals surface area contributed by atoms with E-state index in [1.54, 1.807) is 36.4 Å². The zero-order valence-corrected chi connectivity index (χ0v) is 16.4. The molecule has 1 aromatic heterocycles. The Labute approximate surface area is 173 Å². The molecule has 1 fully saturated rings. The quantitative estimate of drug-likeness (QED) is 0.681. The van der Waals surface area contributed by atoms with Crippen LogP contribution < -0.4 is 10.1 Å². The summed E-state index contributed by atoms with van der Waals surface area (Å²) in [5.74, 6) is -0.949. The summed E-state index contributed by atoms with van der Waals surface area (Å²) in [5.41, 5.74) is 1.09. The summed E-state index contributed by atoms with van der Waals surface area (Å²) in [6.45, 7) is 4.23. The van der Waals surface area contributed by atoms with Gasteiger partial charge < -0.3 is 14.8 Å². The van der Waals surface area contributed by atoms with Gasteiger partial charge in [0.15, 0.2) is 0 Å². The van der Waals surface area contributed by atoms with Crippen molar-refractivity contribution in [2.75, 3.05) is 51.3 Å². The molecule has 2 aliphatic rings. The number of benzene rings is 1. The number of anilines is 1. The van der Waals surface area contributed by atoms with E-state index >= 15 is 0 Å². The first kappa shape index (κ1) is 20.0. The highest BCUT2D eigenvalue weighted by Crippen LogP contribution is 2.22. The number of hydrogen-bond acceptors (Lipinski definition) is 7. The molecule has 0 unspecified atom stereocenters. The number of carbonyl (C=O) groups is 3. The first-order chi connectivity index (χ1) is 14.6. The average Bonchev–Trinajstić information content (AvgIpc) is 3.01. The molecular weight excluding hydrogens is 388 g/mol. The summed E-state index contributed by atoms with van der Waals surface area (Å²) >= 11 is 0. The van der Waals surface area contributed by atoms with Crippen LogP contribution in [0.3, 0.4) is 0 Å². The van der Waals surface area contributed by atoms with Crippen LogP contribution in [-0.4, -0.2) is 78.5 Å². The zero-order chi connectivity index (χ0) is 20.9. The SMILES string of the molecule is O=C(CN1C(=O)c2ccccc2C1=O)Nc1ccc(OCCN2CCOCC2)nc1. The second-order valence-electron chi connectivity index (χ2n) is 6.98. The van der Waals surface area contributed by atoms with E-state index in [1.807, 2.05) is 0 Å². The number of amides is 3. The van der Waals surface area contributed by atoms with Gasteiger partial charge in [0.1, 0.15) is 13.2 Å². The molecule has 0 radical (unpaired) electrons. The molecule has 2 aromatic rings. The first-order valence-electron chi connectivity index (χ1n) is 9.76. The van der Waals surface area contributed by atoms with E-state index in [2.05, 4.69) is 15.2 Å². The minimum Gasteiger partial charge on any atom is -0.476 e. The third-order valence-corrected chi connectivity index (χ3v) is 4.96. The van der Waals surface area contributed by atoms with Crippen LogP contribution in [0.4, 0.5) is 5.69 Å². The molecule has 0 bridgehead atoms. The standard InChI is InChI=1S/C21H22N4O5/c26-18(14-25-20(27)16-3-1-2-4-17(16)21(25)28)23-15-5-6-19(22-13-15)30-12-9-24-7-10-29-11-8-24/h1-6,13H,7-12,14H2,(H,23,26). The minimum absolute atomic E-state index is 0.315. The molecule has 30 heavy (non-hydrogen) atoms. The summed E-state index contributed by atoms with van der Waals surface area (Å²) in [7, 11) is 0. The van der Waals surface area contributed by atoms with E-state index in [9.17, 15) is 14.4 Å². The van der Waals surface area contributed by atoms with E-state index in [0.717, 1.165) is 37.7 Å². The van der Waals surface area contributed by atoms with E-state index in [1.165, 1.54) is 6.20 Å². The lowest BCUT2D eigenvalue weighted by molar-refractivity contribution is -0.116. The van der Waals surface area contributed by atoms with Crippen LogP contribution >= 0.6 is 0 Å². The second kappa shape index (κ2) is 9.02. The molecule has 3 heterocycles. The van der Waals surface area contributed by atoms with Gasteiger partial charge in [-0.15, -0.1) is 0 Å². The van der Waals surface area contributed by atoms with E-state index in [0.29, 0.717) is 29.3 Å². The molecule has 3 amide bonds. The molecule has 0 aliphatic carbocycles. The van der Waals surface area contributed by atoms with Gasteiger partial charge in [0.25, 0.3) is 11.8 Å². The minimum atomic E-state index is -0.479. The van der Waals surface area contributed by atoms with Crippen molar-refractivity contribution in [2.45, 2.75) is 0 Å². The Hall–Kier alpha value is -3.30. The molecule has 1 saturated heterocycles. The summed E-state index contributed by atoms with van der Waals surface area (Å²) < 4.78 is 10.9. The molecule has 0 spiro atoms. The lowest BCUT2D eigenvalue weighted by Gasteiger charge is -2.26. The number of carbonyl (C=O) groups excluding carboxylic acids is 3. The molecule has 4 rings (SSSR count). The molecular formula is C21H22N4O5. The average molecular weight is 410 g/mol. The van der Waals surface area contributed by atoms with Crippen molar-refractivity contribution in [1.82, 2.24) is 14.8 Å². The lowest BCUT2D eigenvalue weighted by atomic mass is 10.1. The Bertz CT molecular complexity index is 906. The van der Waals surface area contributed by atoms with Gasteiger partial charge in [0.05, 0.1) is 36.2 Å². The summed E-state index contributed by atoms with van der Waals surface area (Å²) in [4.78, 5) is 44.4. The Morgan fingerprint density at radius 2 is 1.77 bits per heavy atom. The van der Waals surface area contributed by atoms with Gasteiger partial charge in [0.2, 0.25) is 11.8 Å². The van der Waals surface area contributed by atoms with Gasteiger partial charge in [-0.25, -0.2) is 4.98 Å². The van der Waals surface area contributed by atoms with Crippen LogP contribution in [0.25, 0.3) is 0 Å².